The Morgan fingerprint density at radius 1 is 1.20 bits per heavy atom. The van der Waals surface area contributed by atoms with Gasteiger partial charge in [0.1, 0.15) is 18.0 Å². The number of carbonyl (C=O) groups excluding carboxylic acids is 3. The molecule has 2 fully saturated rings. The van der Waals surface area contributed by atoms with E-state index in [4.69, 9.17) is 5.73 Å². The number of carbonyl (C=O) groups is 3. The molecule has 3 heterocycles. The van der Waals surface area contributed by atoms with Crippen LogP contribution in [0, 0.1) is 5.82 Å². The first kappa shape index (κ1) is 26.9. The molecule has 3 N–H and O–H groups in total. The number of hydrogen-bond acceptors (Lipinski definition) is 7. The highest BCUT2D eigenvalue weighted by atomic mass is 32.1. The maximum absolute atomic E-state index is 14.0. The second-order valence-electron chi connectivity index (χ2n) is 10.3. The number of anilines is 1. The Balaban J connectivity index is 1.28. The zero-order valence-corrected chi connectivity index (χ0v) is 23.3. The Morgan fingerprint density at radius 3 is 2.76 bits per heavy atom. The molecule has 3 aliphatic rings. The number of piperazine rings is 1. The van der Waals surface area contributed by atoms with Crippen molar-refractivity contribution in [2.24, 2.45) is 0 Å². The number of allylic oxidation sites excluding steroid dienone is 2. The Bertz CT molecular complexity index is 1570. The van der Waals surface area contributed by atoms with Crippen LogP contribution in [-0.2, 0) is 22.7 Å². The minimum Gasteiger partial charge on any atom is -0.375 e. The van der Waals surface area contributed by atoms with Crippen molar-refractivity contribution in [3.05, 3.63) is 83.2 Å². The summed E-state index contributed by atoms with van der Waals surface area (Å²) in [6.07, 6.45) is 7.06. The number of aromatic nitrogens is 1. The highest BCUT2D eigenvalue weighted by Crippen LogP contribution is 2.34. The van der Waals surface area contributed by atoms with Crippen LogP contribution in [-0.4, -0.2) is 75.0 Å². The van der Waals surface area contributed by atoms with Gasteiger partial charge in [-0.15, -0.1) is 0 Å². The number of urea groups is 1. The summed E-state index contributed by atoms with van der Waals surface area (Å²) < 4.78 is 14.2. The summed E-state index contributed by atoms with van der Waals surface area (Å²) in [7, 11) is 1.60. The van der Waals surface area contributed by atoms with Gasteiger partial charge in [-0.05, 0) is 47.7 Å². The highest BCUT2D eigenvalue weighted by Gasteiger charge is 2.52. The van der Waals surface area contributed by atoms with E-state index in [1.54, 1.807) is 34.0 Å². The molecule has 10 nitrogen and oxygen atoms in total. The number of nitrogens with zero attached hydrogens (tertiary/aromatic N) is 5. The molecule has 1 aliphatic carbocycles. The predicted molar refractivity (Wildman–Crippen MR) is 153 cm³/mol. The van der Waals surface area contributed by atoms with Crippen LogP contribution < -0.4 is 11.1 Å². The van der Waals surface area contributed by atoms with Crippen LogP contribution in [0.15, 0.2) is 66.3 Å². The van der Waals surface area contributed by atoms with E-state index in [9.17, 15) is 18.8 Å². The number of hydrogen-bond donors (Lipinski definition) is 2. The highest BCUT2D eigenvalue weighted by molar-refractivity contribution is 7.22. The molecule has 2 aliphatic heterocycles. The Kier molecular flexibility index (Phi) is 7.18. The largest absolute Gasteiger partial charge is 0.375 e. The number of benzene rings is 2. The molecule has 0 saturated carbocycles. The van der Waals surface area contributed by atoms with Gasteiger partial charge in [-0.25, -0.2) is 14.2 Å². The van der Waals surface area contributed by atoms with Gasteiger partial charge in [-0.2, -0.15) is 5.01 Å². The SMILES string of the molecule is CN(C(=O)NCc1ccc(F)cc1)N1CC(=O)N2C1CN(Cc1cccc3sc(N)nc13)C(=O)[C@@H]2C1=CCCC=C1. The first-order valence-electron chi connectivity index (χ1n) is 13.4. The van der Waals surface area contributed by atoms with E-state index in [0.717, 1.165) is 39.8 Å². The van der Waals surface area contributed by atoms with Crippen LogP contribution >= 0.6 is 11.3 Å². The average Bonchev–Trinajstić information content (AvgIpc) is 3.52. The Hall–Kier alpha value is -4.29. The summed E-state index contributed by atoms with van der Waals surface area (Å²) in [5, 5.41) is 6.38. The fraction of sp³-hybridized carbons (Fsp3) is 0.310. The zero-order chi connectivity index (χ0) is 28.7. The molecular formula is C29H30FN7O3S. The van der Waals surface area contributed by atoms with Gasteiger partial charge < -0.3 is 20.9 Å². The van der Waals surface area contributed by atoms with E-state index >= 15 is 0 Å². The summed E-state index contributed by atoms with van der Waals surface area (Å²) in [5.41, 5.74) is 9.13. The molecule has 3 aromatic rings. The second kappa shape index (κ2) is 10.9. The average molecular weight is 576 g/mol. The molecule has 1 aromatic heterocycles. The van der Waals surface area contributed by atoms with Gasteiger partial charge in [0.05, 0.1) is 23.3 Å². The lowest BCUT2D eigenvalue weighted by Crippen LogP contribution is -2.65. The number of amides is 4. The number of fused-ring (bicyclic) bond motifs is 2. The number of para-hydroxylation sites is 1. The number of nitrogens with two attached hydrogens (primary N) is 1. The van der Waals surface area contributed by atoms with Gasteiger partial charge in [0, 0.05) is 20.1 Å². The van der Waals surface area contributed by atoms with Crippen molar-refractivity contribution in [2.75, 3.05) is 25.9 Å². The van der Waals surface area contributed by atoms with Gasteiger partial charge in [-0.3, -0.25) is 14.6 Å². The number of halogens is 1. The van der Waals surface area contributed by atoms with Crippen molar-refractivity contribution in [3.63, 3.8) is 0 Å². The van der Waals surface area contributed by atoms with Crippen LogP contribution in [0.4, 0.5) is 14.3 Å². The lowest BCUT2D eigenvalue weighted by atomic mass is 9.95. The first-order valence-corrected chi connectivity index (χ1v) is 14.2. The molecular weight excluding hydrogens is 545 g/mol. The summed E-state index contributed by atoms with van der Waals surface area (Å²) in [6.45, 7) is 0.659. The van der Waals surface area contributed by atoms with Gasteiger partial charge in [0.25, 0.3) is 0 Å². The van der Waals surface area contributed by atoms with E-state index in [0.29, 0.717) is 11.7 Å². The Labute approximate surface area is 240 Å². The smallest absolute Gasteiger partial charge is 0.332 e. The van der Waals surface area contributed by atoms with Crippen LogP contribution in [0.5, 0.6) is 0 Å². The number of rotatable bonds is 6. The van der Waals surface area contributed by atoms with Gasteiger partial charge in [0.15, 0.2) is 5.13 Å². The fourth-order valence-electron chi connectivity index (χ4n) is 5.67. The number of nitrogen functional groups attached to an aromatic ring is 1. The van der Waals surface area contributed by atoms with Crippen LogP contribution in [0.2, 0.25) is 0 Å². The molecule has 4 amide bonds. The monoisotopic (exact) mass is 575 g/mol. The van der Waals surface area contributed by atoms with Gasteiger partial charge in [-0.1, -0.05) is 53.8 Å². The third-order valence-corrected chi connectivity index (χ3v) is 8.56. The summed E-state index contributed by atoms with van der Waals surface area (Å²) in [5.74, 6) is -0.741. The maximum Gasteiger partial charge on any atom is 0.332 e. The van der Waals surface area contributed by atoms with Gasteiger partial charge >= 0.3 is 6.03 Å². The second-order valence-corrected chi connectivity index (χ2v) is 11.4. The normalized spacial score (nSPS) is 20.9. The standard InChI is InChI=1S/C29H30FN7O3S/c1-34(29(40)32-14-18-10-12-21(30)13-11-18)36-17-24(38)37-23(36)16-35(27(39)26(37)19-6-3-2-4-7-19)15-20-8-5-9-22-25(20)33-28(31)41-22/h3,5-13,23,26H,2,4,14-17H2,1H3,(H2,31,33)(H,32,40)/t23?,26-/m0/s1. The van der Waals surface area contributed by atoms with Crippen molar-refractivity contribution in [3.8, 4) is 0 Å². The fourth-order valence-corrected chi connectivity index (χ4v) is 6.45. The number of hydrazine groups is 1. The van der Waals surface area contributed by atoms with Crippen molar-refractivity contribution in [1.82, 2.24) is 30.1 Å². The number of thiazole rings is 1. The first-order chi connectivity index (χ1) is 19.8. The van der Waals surface area contributed by atoms with E-state index in [-0.39, 0.29) is 37.3 Å². The molecule has 2 atom stereocenters. The molecule has 212 valence electrons. The van der Waals surface area contributed by atoms with Crippen molar-refractivity contribution < 1.29 is 18.8 Å². The van der Waals surface area contributed by atoms with Crippen molar-refractivity contribution in [2.45, 2.75) is 38.1 Å². The minimum absolute atomic E-state index is 0.0437. The van der Waals surface area contributed by atoms with Gasteiger partial charge in [0.2, 0.25) is 11.8 Å². The summed E-state index contributed by atoms with van der Waals surface area (Å²) in [6, 6.07) is 10.5. The number of nitrogens with one attached hydrogen (secondary N) is 1. The molecule has 1 unspecified atom stereocenters. The predicted octanol–water partition coefficient (Wildman–Crippen LogP) is 3.23. The lowest BCUT2D eigenvalue weighted by Gasteiger charge is -2.46. The van der Waals surface area contributed by atoms with E-state index in [2.05, 4.69) is 10.3 Å². The van der Waals surface area contributed by atoms with Crippen LogP contribution in [0.3, 0.4) is 0 Å². The molecule has 12 heteroatoms. The van der Waals surface area contributed by atoms with E-state index in [1.165, 1.54) is 28.5 Å². The van der Waals surface area contributed by atoms with Crippen LogP contribution in [0.1, 0.15) is 24.0 Å². The third kappa shape index (κ3) is 5.16. The molecule has 0 radical (unpaired) electrons. The van der Waals surface area contributed by atoms with E-state index < -0.39 is 18.2 Å². The maximum atomic E-state index is 14.0. The summed E-state index contributed by atoms with van der Waals surface area (Å²) in [4.78, 5) is 48.5. The zero-order valence-electron chi connectivity index (χ0n) is 22.5. The third-order valence-electron chi connectivity index (χ3n) is 7.71. The topological polar surface area (TPSA) is 115 Å². The molecule has 41 heavy (non-hydrogen) atoms. The molecule has 2 aromatic carbocycles. The molecule has 6 rings (SSSR count). The van der Waals surface area contributed by atoms with Crippen LogP contribution in [0.25, 0.3) is 10.2 Å². The van der Waals surface area contributed by atoms with Crippen molar-refractivity contribution in [1.29, 1.82) is 0 Å². The molecule has 0 bridgehead atoms. The minimum atomic E-state index is -0.793. The Morgan fingerprint density at radius 2 is 2.00 bits per heavy atom. The molecule has 2 saturated heterocycles. The quantitative estimate of drug-likeness (QED) is 0.467. The lowest BCUT2D eigenvalue weighted by molar-refractivity contribution is -0.154. The summed E-state index contributed by atoms with van der Waals surface area (Å²) >= 11 is 1.39. The van der Waals surface area contributed by atoms with Crippen molar-refractivity contribution >= 4 is 44.5 Å². The van der Waals surface area contributed by atoms with E-state index in [1.807, 2.05) is 36.4 Å². The molecule has 0 spiro atoms.